The normalized spacial score (nSPS) is 15.8. The fraction of sp³-hybridized carbons (Fsp3) is 0.227. The molecule has 1 atom stereocenters. The second kappa shape index (κ2) is 7.33. The van der Waals surface area contributed by atoms with Crippen LogP contribution < -0.4 is 5.56 Å². The first-order chi connectivity index (χ1) is 13.9. The van der Waals surface area contributed by atoms with Crippen molar-refractivity contribution in [3.8, 4) is 11.6 Å². The fourth-order valence-corrected chi connectivity index (χ4v) is 4.32. The van der Waals surface area contributed by atoms with Gasteiger partial charge in [-0.25, -0.2) is 0 Å². The maximum absolute atomic E-state index is 13.0. The molecule has 1 amide bonds. The number of aryl methyl sites for hydroxylation is 1. The molecule has 0 aliphatic carbocycles. The number of H-pyrrole nitrogens is 1. The Morgan fingerprint density at radius 3 is 2.59 bits per heavy atom. The van der Waals surface area contributed by atoms with Gasteiger partial charge in [-0.2, -0.15) is 0 Å². The van der Waals surface area contributed by atoms with E-state index in [4.69, 9.17) is 12.2 Å². The number of hydrogen-bond donors (Lipinski definition) is 2. The summed E-state index contributed by atoms with van der Waals surface area (Å²) in [6.45, 7) is 3.85. The van der Waals surface area contributed by atoms with Gasteiger partial charge >= 0.3 is 0 Å². The number of nitrogens with one attached hydrogen (secondary N) is 1. The average Bonchev–Trinajstić information content (AvgIpc) is 2.69. The molecule has 3 aromatic rings. The number of fused-ring (bicyclic) bond motifs is 1. The maximum atomic E-state index is 13.0. The Hall–Kier alpha value is -3.19. The zero-order chi connectivity index (χ0) is 20.7. The van der Waals surface area contributed by atoms with Crippen molar-refractivity contribution >= 4 is 18.1 Å². The van der Waals surface area contributed by atoms with E-state index in [1.54, 1.807) is 4.90 Å². The second-order valence-corrected chi connectivity index (χ2v) is 7.57. The minimum Gasteiger partial charge on any atom is -0.494 e. The van der Waals surface area contributed by atoms with Crippen molar-refractivity contribution in [3.05, 3.63) is 85.9 Å². The van der Waals surface area contributed by atoms with Crippen LogP contribution in [0.25, 0.3) is 5.69 Å². The van der Waals surface area contributed by atoms with E-state index in [0.717, 1.165) is 16.7 Å². The topological polar surface area (TPSA) is 78.3 Å². The molecule has 0 saturated heterocycles. The largest absolute Gasteiger partial charge is 0.494 e. The van der Waals surface area contributed by atoms with Crippen LogP contribution in [0, 0.1) is 11.7 Å². The lowest BCUT2D eigenvalue weighted by atomic mass is 9.88. The Morgan fingerprint density at radius 2 is 1.86 bits per heavy atom. The van der Waals surface area contributed by atoms with Crippen molar-refractivity contribution in [2.24, 2.45) is 0 Å². The lowest BCUT2D eigenvalue weighted by Crippen LogP contribution is -2.41. The number of hydrogen-bond acceptors (Lipinski definition) is 4. The van der Waals surface area contributed by atoms with Gasteiger partial charge in [0.1, 0.15) is 5.56 Å². The van der Waals surface area contributed by atoms with Crippen LogP contribution in [0.1, 0.15) is 35.2 Å². The van der Waals surface area contributed by atoms with Gasteiger partial charge in [-0.15, -0.1) is 0 Å². The Labute approximate surface area is 173 Å². The maximum Gasteiger partial charge on any atom is 0.261 e. The van der Waals surface area contributed by atoms with Gasteiger partial charge in [-0.05, 0) is 48.3 Å². The summed E-state index contributed by atoms with van der Waals surface area (Å²) < 4.78 is 1.56. The highest BCUT2D eigenvalue weighted by atomic mass is 32.1. The lowest BCUT2D eigenvalue weighted by Gasteiger charge is -2.37. The van der Waals surface area contributed by atoms with Gasteiger partial charge < -0.3 is 10.0 Å². The van der Waals surface area contributed by atoms with E-state index in [1.807, 2.05) is 55.5 Å². The predicted molar refractivity (Wildman–Crippen MR) is 113 cm³/mol. The van der Waals surface area contributed by atoms with E-state index in [0.29, 0.717) is 18.7 Å². The smallest absolute Gasteiger partial charge is 0.261 e. The van der Waals surface area contributed by atoms with Gasteiger partial charge in [0.2, 0.25) is 11.8 Å². The fourth-order valence-electron chi connectivity index (χ4n) is 4.04. The van der Waals surface area contributed by atoms with Crippen molar-refractivity contribution in [3.63, 3.8) is 0 Å². The lowest BCUT2D eigenvalue weighted by molar-refractivity contribution is -0.130. The van der Waals surface area contributed by atoms with Crippen LogP contribution in [0.4, 0.5) is 0 Å². The first-order valence-corrected chi connectivity index (χ1v) is 9.80. The third-order valence-corrected chi connectivity index (χ3v) is 5.72. The number of rotatable bonds is 2. The molecule has 2 N–H and O–H groups in total. The molecule has 148 valence electrons. The SMILES string of the molecule is CC(=O)N1CCc2ccccc2C1c1c(O)n(-c2ccccc2C)c(=S)[nH]c1=O. The molecule has 7 heteroatoms. The van der Waals surface area contributed by atoms with Crippen molar-refractivity contribution in [1.29, 1.82) is 0 Å². The van der Waals surface area contributed by atoms with E-state index in [1.165, 1.54) is 11.5 Å². The Balaban J connectivity index is 2.04. The Kier molecular flexibility index (Phi) is 4.84. The molecule has 0 radical (unpaired) electrons. The van der Waals surface area contributed by atoms with E-state index in [-0.39, 0.29) is 22.1 Å². The predicted octanol–water partition coefficient (Wildman–Crippen LogP) is 3.40. The molecular formula is C22H21N3O3S. The van der Waals surface area contributed by atoms with Gasteiger partial charge in [0.25, 0.3) is 5.56 Å². The minimum absolute atomic E-state index is 0.101. The van der Waals surface area contributed by atoms with Crippen LogP contribution in [0.3, 0.4) is 0 Å². The van der Waals surface area contributed by atoms with E-state index in [2.05, 4.69) is 4.98 Å². The molecule has 0 spiro atoms. The molecule has 4 rings (SSSR count). The van der Waals surface area contributed by atoms with Crippen LogP contribution in [0.2, 0.25) is 0 Å². The number of nitrogens with zero attached hydrogens (tertiary/aromatic N) is 2. The third-order valence-electron chi connectivity index (χ3n) is 5.44. The number of amides is 1. The average molecular weight is 407 g/mol. The number of aromatic hydroxyl groups is 1. The summed E-state index contributed by atoms with van der Waals surface area (Å²) >= 11 is 5.36. The summed E-state index contributed by atoms with van der Waals surface area (Å²) in [4.78, 5) is 29.7. The van der Waals surface area contributed by atoms with Gasteiger partial charge in [-0.3, -0.25) is 19.1 Å². The molecule has 0 saturated carbocycles. The summed E-state index contributed by atoms with van der Waals surface area (Å²) in [6.07, 6.45) is 0.696. The first kappa shape index (κ1) is 19.1. The van der Waals surface area contributed by atoms with Crippen LogP contribution in [-0.4, -0.2) is 32.0 Å². The Morgan fingerprint density at radius 1 is 1.17 bits per heavy atom. The van der Waals surface area contributed by atoms with Crippen molar-refractivity contribution in [1.82, 2.24) is 14.5 Å². The number of aromatic nitrogens is 2. The monoisotopic (exact) mass is 407 g/mol. The summed E-state index contributed by atoms with van der Waals surface area (Å²) in [6, 6.07) is 14.5. The minimum atomic E-state index is -0.688. The molecule has 0 bridgehead atoms. The van der Waals surface area contributed by atoms with Crippen molar-refractivity contribution in [2.75, 3.05) is 6.54 Å². The summed E-state index contributed by atoms with van der Waals surface area (Å²) in [5.41, 5.74) is 3.08. The zero-order valence-electron chi connectivity index (χ0n) is 16.2. The molecule has 29 heavy (non-hydrogen) atoms. The summed E-state index contributed by atoms with van der Waals surface area (Å²) in [5, 5.41) is 11.2. The van der Waals surface area contributed by atoms with E-state index in [9.17, 15) is 14.7 Å². The number of carbonyl (C=O) groups excluding carboxylic acids is 1. The second-order valence-electron chi connectivity index (χ2n) is 7.18. The zero-order valence-corrected chi connectivity index (χ0v) is 17.0. The van der Waals surface area contributed by atoms with E-state index < -0.39 is 11.6 Å². The highest BCUT2D eigenvalue weighted by molar-refractivity contribution is 7.71. The highest BCUT2D eigenvalue weighted by Gasteiger charge is 2.35. The molecular weight excluding hydrogens is 386 g/mol. The van der Waals surface area contributed by atoms with Crippen molar-refractivity contribution in [2.45, 2.75) is 26.3 Å². The molecule has 0 fully saturated rings. The molecule has 1 aliphatic heterocycles. The summed E-state index contributed by atoms with van der Waals surface area (Å²) in [5.74, 6) is -0.408. The summed E-state index contributed by atoms with van der Waals surface area (Å²) in [7, 11) is 0. The molecule has 6 nitrogen and oxygen atoms in total. The molecule has 1 unspecified atom stereocenters. The molecule has 1 aliphatic rings. The van der Waals surface area contributed by atoms with Gasteiger partial charge in [-0.1, -0.05) is 42.5 Å². The Bertz CT molecular complexity index is 1230. The first-order valence-electron chi connectivity index (χ1n) is 9.39. The van der Waals surface area contributed by atoms with Crippen LogP contribution in [0.15, 0.2) is 53.3 Å². The number of carbonyl (C=O) groups is 1. The molecule has 2 heterocycles. The van der Waals surface area contributed by atoms with Crippen molar-refractivity contribution < 1.29 is 9.90 Å². The number of aromatic amines is 1. The third kappa shape index (κ3) is 3.17. The van der Waals surface area contributed by atoms with Gasteiger partial charge in [0, 0.05) is 13.5 Å². The van der Waals surface area contributed by atoms with Crippen LogP contribution in [0.5, 0.6) is 5.88 Å². The number of benzene rings is 2. The molecule has 1 aromatic heterocycles. The number of para-hydroxylation sites is 1. The van der Waals surface area contributed by atoms with E-state index >= 15 is 0 Å². The van der Waals surface area contributed by atoms with Crippen LogP contribution in [-0.2, 0) is 11.2 Å². The quantitative estimate of drug-likeness (QED) is 0.638. The van der Waals surface area contributed by atoms with Gasteiger partial charge in [0.15, 0.2) is 4.77 Å². The van der Waals surface area contributed by atoms with Gasteiger partial charge in [0.05, 0.1) is 11.7 Å². The molecule has 2 aromatic carbocycles. The highest BCUT2D eigenvalue weighted by Crippen LogP contribution is 2.38. The van der Waals surface area contributed by atoms with Crippen LogP contribution >= 0.6 is 12.2 Å². The standard InChI is InChI=1S/C22H21N3O3S/c1-13-7-3-6-10-17(13)25-21(28)18(20(27)23-22(25)29)19-16-9-5-4-8-15(16)11-12-24(19)14(2)26/h3-10,19,28H,11-12H2,1-2H3,(H,23,27,29).